The summed E-state index contributed by atoms with van der Waals surface area (Å²) in [5, 5.41) is 7.31. The van der Waals surface area contributed by atoms with E-state index in [1.54, 1.807) is 12.1 Å². The third-order valence-electron chi connectivity index (χ3n) is 3.80. The molecule has 1 N–H and O–H groups in total. The first-order valence-electron chi connectivity index (χ1n) is 7.83. The van der Waals surface area contributed by atoms with E-state index in [1.807, 2.05) is 18.2 Å². The van der Waals surface area contributed by atoms with Crippen LogP contribution in [0.3, 0.4) is 0 Å². The van der Waals surface area contributed by atoms with Crippen LogP contribution in [-0.4, -0.2) is 29.3 Å². The van der Waals surface area contributed by atoms with Crippen molar-refractivity contribution in [3.8, 4) is 0 Å². The minimum Gasteiger partial charge on any atom is -0.381 e. The Morgan fingerprint density at radius 2 is 2.12 bits per heavy atom. The Labute approximate surface area is 144 Å². The van der Waals surface area contributed by atoms with Gasteiger partial charge in [0.25, 0.3) is 0 Å². The van der Waals surface area contributed by atoms with Crippen LogP contribution in [-0.2, 0) is 16.1 Å². The van der Waals surface area contributed by atoms with Crippen molar-refractivity contribution in [3.63, 3.8) is 0 Å². The van der Waals surface area contributed by atoms with Gasteiger partial charge in [-0.3, -0.25) is 4.79 Å². The summed E-state index contributed by atoms with van der Waals surface area (Å²) in [6.07, 6.45) is 4.88. The van der Waals surface area contributed by atoms with Crippen molar-refractivity contribution in [2.24, 2.45) is 0 Å². The number of nitrogens with one attached hydrogen (secondary N) is 1. The highest BCUT2D eigenvalue weighted by Gasteiger charge is 2.21. The van der Waals surface area contributed by atoms with Crippen molar-refractivity contribution in [2.75, 3.05) is 13.2 Å². The molecule has 0 radical (unpaired) electrons. The molecule has 1 amide bonds. The summed E-state index contributed by atoms with van der Waals surface area (Å²) in [7, 11) is 0. The highest BCUT2D eigenvalue weighted by atomic mass is 35.5. The molecule has 1 aliphatic rings. The molecule has 0 spiro atoms. The van der Waals surface area contributed by atoms with Gasteiger partial charge in [0.15, 0.2) is 5.82 Å². The minimum absolute atomic E-state index is 0.196. The molecule has 0 saturated carbocycles. The lowest BCUT2D eigenvalue weighted by molar-refractivity contribution is -0.116. The van der Waals surface area contributed by atoms with E-state index in [0.717, 1.165) is 31.6 Å². The van der Waals surface area contributed by atoms with Crippen LogP contribution in [0.4, 0.5) is 0 Å². The maximum Gasteiger partial charge on any atom is 0.246 e. The van der Waals surface area contributed by atoms with Crippen LogP contribution in [0.15, 0.2) is 34.9 Å². The van der Waals surface area contributed by atoms with E-state index in [1.165, 1.54) is 6.08 Å². The molecule has 6 nitrogen and oxygen atoms in total. The number of nitrogens with zero attached hydrogens (tertiary/aromatic N) is 2. The number of carbonyl (C=O) groups excluding carboxylic acids is 1. The summed E-state index contributed by atoms with van der Waals surface area (Å²) in [5.74, 6) is 1.11. The zero-order valence-electron chi connectivity index (χ0n) is 13.1. The molecule has 1 aromatic heterocycles. The lowest BCUT2D eigenvalue weighted by atomic mass is 10.00. The van der Waals surface area contributed by atoms with Gasteiger partial charge in [-0.25, -0.2) is 0 Å². The maximum absolute atomic E-state index is 11.9. The summed E-state index contributed by atoms with van der Waals surface area (Å²) >= 11 is 6.03. The van der Waals surface area contributed by atoms with Crippen LogP contribution in [0.1, 0.15) is 36.0 Å². The van der Waals surface area contributed by atoms with Crippen LogP contribution >= 0.6 is 11.6 Å². The van der Waals surface area contributed by atoms with Gasteiger partial charge in [-0.2, -0.15) is 4.98 Å². The Hall–Kier alpha value is -2.18. The quantitative estimate of drug-likeness (QED) is 0.841. The number of hydrogen-bond donors (Lipinski definition) is 1. The molecule has 7 heteroatoms. The summed E-state index contributed by atoms with van der Waals surface area (Å²) in [6.45, 7) is 1.64. The van der Waals surface area contributed by atoms with Crippen LogP contribution in [0, 0.1) is 0 Å². The van der Waals surface area contributed by atoms with E-state index in [0.29, 0.717) is 16.7 Å². The highest BCUT2D eigenvalue weighted by molar-refractivity contribution is 6.32. The van der Waals surface area contributed by atoms with Gasteiger partial charge < -0.3 is 14.6 Å². The van der Waals surface area contributed by atoms with Crippen LogP contribution in [0.5, 0.6) is 0 Å². The Balaban J connectivity index is 1.51. The van der Waals surface area contributed by atoms with E-state index in [2.05, 4.69) is 15.5 Å². The molecule has 2 heterocycles. The van der Waals surface area contributed by atoms with E-state index >= 15 is 0 Å². The SMILES string of the molecule is O=C(/C=C/c1ccccc1Cl)NCc1nc(C2CCOCC2)no1. The number of ether oxygens (including phenoxy) is 1. The van der Waals surface area contributed by atoms with Gasteiger partial charge in [0.2, 0.25) is 11.8 Å². The number of carbonyl (C=O) groups is 1. The predicted molar refractivity (Wildman–Crippen MR) is 89.4 cm³/mol. The van der Waals surface area contributed by atoms with Crippen molar-refractivity contribution in [1.29, 1.82) is 0 Å². The summed E-state index contributed by atoms with van der Waals surface area (Å²) in [6, 6.07) is 7.31. The standard InChI is InChI=1S/C17H18ClN3O3/c18-14-4-2-1-3-12(14)5-6-15(22)19-11-16-20-17(21-24-16)13-7-9-23-10-8-13/h1-6,13H,7-11H2,(H,19,22)/b6-5+. The van der Waals surface area contributed by atoms with E-state index in [4.69, 9.17) is 20.9 Å². The number of amides is 1. The lowest BCUT2D eigenvalue weighted by Crippen LogP contribution is -2.20. The number of benzene rings is 1. The number of halogens is 1. The zero-order chi connectivity index (χ0) is 16.8. The summed E-state index contributed by atoms with van der Waals surface area (Å²) < 4.78 is 10.5. The van der Waals surface area contributed by atoms with Crippen molar-refractivity contribution < 1.29 is 14.1 Å². The van der Waals surface area contributed by atoms with Crippen molar-refractivity contribution in [1.82, 2.24) is 15.5 Å². The Kier molecular flexibility index (Phi) is 5.61. The van der Waals surface area contributed by atoms with Crippen LogP contribution in [0.2, 0.25) is 5.02 Å². The number of rotatable bonds is 5. The molecule has 0 bridgehead atoms. The molecule has 0 unspecified atom stereocenters. The molecular weight excluding hydrogens is 330 g/mol. The Bertz CT molecular complexity index is 723. The monoisotopic (exact) mass is 347 g/mol. The first kappa shape index (κ1) is 16.7. The van der Waals surface area contributed by atoms with E-state index < -0.39 is 0 Å². The fraction of sp³-hybridized carbons (Fsp3) is 0.353. The van der Waals surface area contributed by atoms with E-state index in [9.17, 15) is 4.79 Å². The Morgan fingerprint density at radius 1 is 1.33 bits per heavy atom. The molecule has 24 heavy (non-hydrogen) atoms. The summed E-state index contributed by atoms with van der Waals surface area (Å²) in [4.78, 5) is 16.2. The lowest BCUT2D eigenvalue weighted by Gasteiger charge is -2.18. The third-order valence-corrected chi connectivity index (χ3v) is 4.15. The molecule has 3 rings (SSSR count). The highest BCUT2D eigenvalue weighted by Crippen LogP contribution is 2.24. The third kappa shape index (κ3) is 4.43. The molecule has 1 aliphatic heterocycles. The second-order valence-corrected chi connectivity index (χ2v) is 5.91. The fourth-order valence-electron chi connectivity index (χ4n) is 2.46. The van der Waals surface area contributed by atoms with Gasteiger partial charge >= 0.3 is 0 Å². The smallest absolute Gasteiger partial charge is 0.246 e. The molecule has 1 aromatic carbocycles. The molecule has 0 aliphatic carbocycles. The van der Waals surface area contributed by atoms with Gasteiger partial charge in [-0.1, -0.05) is 35.0 Å². The van der Waals surface area contributed by atoms with Crippen molar-refractivity contribution in [2.45, 2.75) is 25.3 Å². The molecule has 1 saturated heterocycles. The maximum atomic E-state index is 11.9. The van der Waals surface area contributed by atoms with Gasteiger partial charge in [0, 0.05) is 30.2 Å². The number of hydrogen-bond acceptors (Lipinski definition) is 5. The molecule has 1 fully saturated rings. The van der Waals surface area contributed by atoms with Crippen LogP contribution in [0.25, 0.3) is 6.08 Å². The predicted octanol–water partition coefficient (Wildman–Crippen LogP) is 2.95. The number of aromatic nitrogens is 2. The van der Waals surface area contributed by atoms with Gasteiger partial charge in [0.1, 0.15) is 0 Å². The average Bonchev–Trinajstić information content (AvgIpc) is 3.09. The van der Waals surface area contributed by atoms with Crippen molar-refractivity contribution in [3.05, 3.63) is 52.6 Å². The van der Waals surface area contributed by atoms with Gasteiger partial charge in [0.05, 0.1) is 6.54 Å². The Morgan fingerprint density at radius 3 is 2.92 bits per heavy atom. The van der Waals surface area contributed by atoms with Gasteiger partial charge in [-0.05, 0) is 30.5 Å². The zero-order valence-corrected chi connectivity index (χ0v) is 13.8. The topological polar surface area (TPSA) is 77.2 Å². The largest absolute Gasteiger partial charge is 0.381 e. The molecule has 126 valence electrons. The summed E-state index contributed by atoms with van der Waals surface area (Å²) in [5.41, 5.74) is 0.786. The normalized spacial score (nSPS) is 15.7. The second kappa shape index (κ2) is 8.08. The molecule has 0 atom stereocenters. The van der Waals surface area contributed by atoms with Crippen molar-refractivity contribution >= 4 is 23.6 Å². The molecular formula is C17H18ClN3O3. The fourth-order valence-corrected chi connectivity index (χ4v) is 2.66. The van der Waals surface area contributed by atoms with Crippen LogP contribution < -0.4 is 5.32 Å². The average molecular weight is 348 g/mol. The second-order valence-electron chi connectivity index (χ2n) is 5.51. The first-order valence-corrected chi connectivity index (χ1v) is 8.21. The molecule has 2 aromatic rings. The first-order chi connectivity index (χ1) is 11.7. The minimum atomic E-state index is -0.249. The van der Waals surface area contributed by atoms with E-state index in [-0.39, 0.29) is 18.4 Å². The van der Waals surface area contributed by atoms with Gasteiger partial charge in [-0.15, -0.1) is 0 Å².